The molecule has 1 aliphatic rings. The summed E-state index contributed by atoms with van der Waals surface area (Å²) in [7, 11) is 0. The Kier molecular flexibility index (Phi) is 3.43. The molecule has 3 nitrogen and oxygen atoms in total. The van der Waals surface area contributed by atoms with Crippen LogP contribution in [-0.4, -0.2) is 11.1 Å². The van der Waals surface area contributed by atoms with Crippen LogP contribution in [0.3, 0.4) is 0 Å². The Morgan fingerprint density at radius 3 is 2.42 bits per heavy atom. The van der Waals surface area contributed by atoms with Gasteiger partial charge in [-0.3, -0.25) is 4.79 Å². The lowest BCUT2D eigenvalue weighted by Crippen LogP contribution is -2.27. The molecular formula is C13H14F3NO2. The fourth-order valence-electron chi connectivity index (χ4n) is 2.38. The maximum atomic E-state index is 12.7. The zero-order valence-corrected chi connectivity index (χ0v) is 10.1. The molecule has 0 aromatic heterocycles. The molecule has 104 valence electrons. The average molecular weight is 273 g/mol. The zero-order valence-electron chi connectivity index (χ0n) is 10.1. The summed E-state index contributed by atoms with van der Waals surface area (Å²) in [5.74, 6) is -2.19. The smallest absolute Gasteiger partial charge is 0.416 e. The molecule has 3 N–H and O–H groups in total. The highest BCUT2D eigenvalue weighted by Crippen LogP contribution is 2.42. The normalized spacial score (nSPS) is 17.8. The van der Waals surface area contributed by atoms with Crippen molar-refractivity contribution < 1.29 is 23.1 Å². The van der Waals surface area contributed by atoms with E-state index in [1.54, 1.807) is 0 Å². The van der Waals surface area contributed by atoms with E-state index in [2.05, 4.69) is 0 Å². The molecule has 1 atom stereocenters. The van der Waals surface area contributed by atoms with E-state index in [0.29, 0.717) is 12.8 Å². The summed E-state index contributed by atoms with van der Waals surface area (Å²) >= 11 is 0. The number of alkyl halides is 3. The van der Waals surface area contributed by atoms with E-state index in [-0.39, 0.29) is 17.2 Å². The molecule has 0 aliphatic heterocycles. The molecule has 19 heavy (non-hydrogen) atoms. The molecule has 1 saturated carbocycles. The largest absolute Gasteiger partial charge is 0.481 e. The van der Waals surface area contributed by atoms with Crippen molar-refractivity contribution in [3.8, 4) is 0 Å². The van der Waals surface area contributed by atoms with Gasteiger partial charge in [0.05, 0.1) is 11.5 Å². The van der Waals surface area contributed by atoms with Gasteiger partial charge in [-0.05, 0) is 42.5 Å². The minimum absolute atomic E-state index is 0.0759. The summed E-state index contributed by atoms with van der Waals surface area (Å²) in [5, 5.41) is 9.24. The summed E-state index contributed by atoms with van der Waals surface area (Å²) in [6, 6.07) is 2.87. The van der Waals surface area contributed by atoms with E-state index in [1.165, 1.54) is 0 Å². The Hall–Kier alpha value is -1.72. The SMILES string of the molecule is Nc1ccc(C(F)(F)F)cc1C(C(=O)O)C1CCC1. The lowest BCUT2D eigenvalue weighted by molar-refractivity contribution is -0.142. The number of benzene rings is 1. The second-order valence-electron chi connectivity index (χ2n) is 4.85. The molecule has 0 amide bonds. The van der Waals surface area contributed by atoms with E-state index < -0.39 is 23.6 Å². The van der Waals surface area contributed by atoms with Crippen LogP contribution in [0.25, 0.3) is 0 Å². The molecule has 0 heterocycles. The van der Waals surface area contributed by atoms with Crippen LogP contribution in [0.4, 0.5) is 18.9 Å². The van der Waals surface area contributed by atoms with Crippen molar-refractivity contribution in [3.63, 3.8) is 0 Å². The van der Waals surface area contributed by atoms with Gasteiger partial charge in [-0.25, -0.2) is 0 Å². The fourth-order valence-corrected chi connectivity index (χ4v) is 2.38. The molecule has 1 unspecified atom stereocenters. The van der Waals surface area contributed by atoms with Crippen LogP contribution in [0.1, 0.15) is 36.3 Å². The quantitative estimate of drug-likeness (QED) is 0.831. The zero-order chi connectivity index (χ0) is 14.2. The van der Waals surface area contributed by atoms with Gasteiger partial charge in [-0.2, -0.15) is 13.2 Å². The molecule has 1 aromatic carbocycles. The van der Waals surface area contributed by atoms with Gasteiger partial charge >= 0.3 is 12.1 Å². The standard InChI is InChI=1S/C13H14F3NO2/c14-13(15,16)8-4-5-10(17)9(6-8)11(12(18)19)7-2-1-3-7/h4-7,11H,1-3,17H2,(H,18,19). The van der Waals surface area contributed by atoms with Crippen molar-refractivity contribution in [2.24, 2.45) is 5.92 Å². The van der Waals surface area contributed by atoms with Gasteiger partial charge in [0, 0.05) is 5.69 Å². The summed E-state index contributed by atoms with van der Waals surface area (Å²) in [6.07, 6.45) is -2.16. The van der Waals surface area contributed by atoms with E-state index in [0.717, 1.165) is 24.6 Å². The summed E-state index contributed by atoms with van der Waals surface area (Å²) in [4.78, 5) is 11.3. The minimum atomic E-state index is -4.49. The van der Waals surface area contributed by atoms with Crippen LogP contribution in [0.2, 0.25) is 0 Å². The maximum absolute atomic E-state index is 12.7. The number of carboxylic acid groups (broad SMARTS) is 1. The van der Waals surface area contributed by atoms with Crippen molar-refractivity contribution in [1.82, 2.24) is 0 Å². The predicted molar refractivity (Wildman–Crippen MR) is 63.6 cm³/mol. The second-order valence-corrected chi connectivity index (χ2v) is 4.85. The molecular weight excluding hydrogens is 259 g/mol. The number of anilines is 1. The number of nitrogen functional groups attached to an aromatic ring is 1. The highest BCUT2D eigenvalue weighted by Gasteiger charge is 2.37. The lowest BCUT2D eigenvalue weighted by atomic mass is 9.72. The molecule has 0 bridgehead atoms. The Morgan fingerprint density at radius 2 is 2.00 bits per heavy atom. The molecule has 0 radical (unpaired) electrons. The van der Waals surface area contributed by atoms with Crippen LogP contribution in [0, 0.1) is 5.92 Å². The van der Waals surface area contributed by atoms with Crippen molar-refractivity contribution in [1.29, 1.82) is 0 Å². The topological polar surface area (TPSA) is 63.3 Å². The predicted octanol–water partition coefficient (Wildman–Crippen LogP) is 3.26. The van der Waals surface area contributed by atoms with Gasteiger partial charge < -0.3 is 10.8 Å². The van der Waals surface area contributed by atoms with Gasteiger partial charge in [-0.1, -0.05) is 6.42 Å². The molecule has 1 fully saturated rings. The molecule has 1 aliphatic carbocycles. The Bertz CT molecular complexity index is 495. The van der Waals surface area contributed by atoms with Crippen LogP contribution in [0.15, 0.2) is 18.2 Å². The molecule has 0 spiro atoms. The Labute approximate surface area is 108 Å². The Balaban J connectivity index is 2.43. The fraction of sp³-hybridized carbons (Fsp3) is 0.462. The second kappa shape index (κ2) is 4.75. The third-order valence-electron chi connectivity index (χ3n) is 3.64. The summed E-state index contributed by atoms with van der Waals surface area (Å²) in [5.41, 5.74) is 4.98. The van der Waals surface area contributed by atoms with E-state index >= 15 is 0 Å². The van der Waals surface area contributed by atoms with Gasteiger partial charge in [-0.15, -0.1) is 0 Å². The Morgan fingerprint density at radius 1 is 1.37 bits per heavy atom. The first-order valence-corrected chi connectivity index (χ1v) is 6.00. The minimum Gasteiger partial charge on any atom is -0.481 e. The van der Waals surface area contributed by atoms with Crippen LogP contribution >= 0.6 is 0 Å². The number of hydrogen-bond acceptors (Lipinski definition) is 2. The number of hydrogen-bond donors (Lipinski definition) is 2. The number of carboxylic acids is 1. The summed E-state index contributed by atoms with van der Waals surface area (Å²) < 4.78 is 38.0. The monoisotopic (exact) mass is 273 g/mol. The first-order valence-electron chi connectivity index (χ1n) is 6.00. The number of nitrogens with two attached hydrogens (primary N) is 1. The molecule has 2 rings (SSSR count). The van der Waals surface area contributed by atoms with Crippen molar-refractivity contribution >= 4 is 11.7 Å². The lowest BCUT2D eigenvalue weighted by Gasteiger charge is -2.32. The first kappa shape index (κ1) is 13.7. The van der Waals surface area contributed by atoms with Crippen molar-refractivity contribution in [2.75, 3.05) is 5.73 Å². The number of halogens is 3. The van der Waals surface area contributed by atoms with E-state index in [4.69, 9.17) is 5.73 Å². The first-order chi connectivity index (χ1) is 8.80. The summed E-state index contributed by atoms with van der Waals surface area (Å²) in [6.45, 7) is 0. The molecule has 1 aromatic rings. The number of rotatable bonds is 3. The van der Waals surface area contributed by atoms with Crippen LogP contribution in [0.5, 0.6) is 0 Å². The van der Waals surface area contributed by atoms with Crippen molar-refractivity contribution in [2.45, 2.75) is 31.4 Å². The highest BCUT2D eigenvalue weighted by molar-refractivity contribution is 5.79. The van der Waals surface area contributed by atoms with Gasteiger partial charge in [0.25, 0.3) is 0 Å². The highest BCUT2D eigenvalue weighted by atomic mass is 19.4. The van der Waals surface area contributed by atoms with Gasteiger partial charge in [0.15, 0.2) is 0 Å². The molecule has 6 heteroatoms. The third-order valence-corrected chi connectivity index (χ3v) is 3.64. The van der Waals surface area contributed by atoms with Crippen molar-refractivity contribution in [3.05, 3.63) is 29.3 Å². The van der Waals surface area contributed by atoms with E-state index in [9.17, 15) is 23.1 Å². The van der Waals surface area contributed by atoms with Gasteiger partial charge in [0.2, 0.25) is 0 Å². The van der Waals surface area contributed by atoms with E-state index in [1.807, 2.05) is 0 Å². The van der Waals surface area contributed by atoms with Crippen LogP contribution in [-0.2, 0) is 11.0 Å². The average Bonchev–Trinajstić information content (AvgIpc) is 2.22. The van der Waals surface area contributed by atoms with Gasteiger partial charge in [0.1, 0.15) is 0 Å². The molecule has 0 saturated heterocycles. The number of carbonyl (C=O) groups is 1. The maximum Gasteiger partial charge on any atom is 0.416 e. The van der Waals surface area contributed by atoms with Crippen LogP contribution < -0.4 is 5.73 Å². The third kappa shape index (κ3) is 2.67. The number of aliphatic carboxylic acids is 1.